The zero-order valence-corrected chi connectivity index (χ0v) is 12.1. The molecule has 0 spiro atoms. The first-order valence-electron chi connectivity index (χ1n) is 7.49. The Morgan fingerprint density at radius 1 is 1.14 bits per heavy atom. The van der Waals surface area contributed by atoms with Crippen molar-refractivity contribution >= 4 is 22.4 Å². The molecule has 1 unspecified atom stereocenters. The second kappa shape index (κ2) is 5.74. The van der Waals surface area contributed by atoms with Crippen LogP contribution in [0.5, 0.6) is 0 Å². The van der Waals surface area contributed by atoms with Gasteiger partial charge in [-0.25, -0.2) is 0 Å². The Hall–Kier alpha value is -2.07. The van der Waals surface area contributed by atoms with E-state index in [2.05, 4.69) is 29.2 Å². The molecule has 4 heteroatoms. The molecule has 4 N–H and O–H groups in total. The third-order valence-corrected chi connectivity index (χ3v) is 4.35. The van der Waals surface area contributed by atoms with Gasteiger partial charge in [-0.2, -0.15) is 0 Å². The minimum atomic E-state index is -0.235. The number of hydrogen-bond acceptors (Lipinski definition) is 3. The van der Waals surface area contributed by atoms with E-state index in [0.717, 1.165) is 47.8 Å². The highest BCUT2D eigenvalue weighted by Crippen LogP contribution is 2.33. The second-order valence-corrected chi connectivity index (χ2v) is 5.60. The van der Waals surface area contributed by atoms with E-state index in [-0.39, 0.29) is 11.9 Å². The summed E-state index contributed by atoms with van der Waals surface area (Å²) in [6.45, 7) is 1.39. The van der Waals surface area contributed by atoms with E-state index in [1.165, 1.54) is 0 Å². The van der Waals surface area contributed by atoms with Gasteiger partial charge in [0.15, 0.2) is 0 Å². The Morgan fingerprint density at radius 3 is 2.62 bits per heavy atom. The van der Waals surface area contributed by atoms with Crippen LogP contribution in [0.1, 0.15) is 24.8 Å². The molecule has 1 heterocycles. The fourth-order valence-electron chi connectivity index (χ4n) is 3.29. The number of benzene rings is 2. The Morgan fingerprint density at radius 2 is 1.90 bits per heavy atom. The van der Waals surface area contributed by atoms with Crippen LogP contribution in [0.4, 0.5) is 5.69 Å². The van der Waals surface area contributed by atoms with Crippen molar-refractivity contribution in [1.29, 1.82) is 0 Å². The Kier molecular flexibility index (Phi) is 3.80. The molecule has 0 saturated carbocycles. The van der Waals surface area contributed by atoms with E-state index < -0.39 is 0 Å². The minimum Gasteiger partial charge on any atom is -0.368 e. The van der Waals surface area contributed by atoms with Gasteiger partial charge in [-0.05, 0) is 36.3 Å². The molecular weight excluding hydrogens is 262 g/mol. The lowest BCUT2D eigenvalue weighted by Gasteiger charge is -2.36. The van der Waals surface area contributed by atoms with E-state index in [9.17, 15) is 4.79 Å². The normalized spacial score (nSPS) is 18.9. The van der Waals surface area contributed by atoms with Crippen molar-refractivity contribution in [3.63, 3.8) is 0 Å². The Labute approximate surface area is 124 Å². The molecule has 1 fully saturated rings. The van der Waals surface area contributed by atoms with Crippen LogP contribution in [0, 0.1) is 0 Å². The molecule has 1 saturated heterocycles. The van der Waals surface area contributed by atoms with Gasteiger partial charge >= 0.3 is 0 Å². The van der Waals surface area contributed by atoms with Gasteiger partial charge in [0, 0.05) is 24.2 Å². The monoisotopic (exact) mass is 283 g/mol. The van der Waals surface area contributed by atoms with Crippen molar-refractivity contribution in [3.8, 4) is 0 Å². The van der Waals surface area contributed by atoms with Crippen molar-refractivity contribution < 1.29 is 4.79 Å². The summed E-state index contributed by atoms with van der Waals surface area (Å²) >= 11 is 0. The lowest BCUT2D eigenvalue weighted by atomic mass is 9.97. The molecule has 1 aliphatic rings. The second-order valence-electron chi connectivity index (χ2n) is 5.60. The van der Waals surface area contributed by atoms with E-state index in [1.54, 1.807) is 0 Å². The van der Waals surface area contributed by atoms with Crippen molar-refractivity contribution in [3.05, 3.63) is 42.0 Å². The standard InChI is InChI=1S/C17H21N3O/c18-11-12-8-9-15(14-6-2-1-5-13(12)14)20-10-4-3-7-16(20)17(19)21/h1-2,5-6,8-9,16H,3-4,7,10-11,18H2,(H2,19,21). The first-order chi connectivity index (χ1) is 10.2. The van der Waals surface area contributed by atoms with Crippen LogP contribution in [0.15, 0.2) is 36.4 Å². The summed E-state index contributed by atoms with van der Waals surface area (Å²) in [6.07, 6.45) is 2.99. The number of carbonyl (C=O) groups is 1. The number of anilines is 1. The van der Waals surface area contributed by atoms with Gasteiger partial charge in [0.1, 0.15) is 6.04 Å². The average Bonchev–Trinajstić information content (AvgIpc) is 2.53. The van der Waals surface area contributed by atoms with Gasteiger partial charge in [0.25, 0.3) is 0 Å². The third kappa shape index (κ3) is 2.47. The lowest BCUT2D eigenvalue weighted by molar-refractivity contribution is -0.119. The molecule has 0 aliphatic carbocycles. The number of hydrogen-bond donors (Lipinski definition) is 2. The van der Waals surface area contributed by atoms with Crippen LogP contribution in [0.25, 0.3) is 10.8 Å². The zero-order valence-electron chi connectivity index (χ0n) is 12.1. The van der Waals surface area contributed by atoms with Crippen molar-refractivity contribution in [2.45, 2.75) is 31.8 Å². The van der Waals surface area contributed by atoms with Crippen LogP contribution in [0.2, 0.25) is 0 Å². The number of piperidine rings is 1. The summed E-state index contributed by atoms with van der Waals surface area (Å²) in [5.74, 6) is -0.235. The lowest BCUT2D eigenvalue weighted by Crippen LogP contribution is -2.47. The van der Waals surface area contributed by atoms with Gasteiger partial charge in [0.05, 0.1) is 0 Å². The maximum atomic E-state index is 11.8. The van der Waals surface area contributed by atoms with E-state index >= 15 is 0 Å². The zero-order chi connectivity index (χ0) is 14.8. The molecule has 0 radical (unpaired) electrons. The molecule has 0 bridgehead atoms. The molecule has 2 aromatic carbocycles. The predicted molar refractivity (Wildman–Crippen MR) is 86.0 cm³/mol. The molecule has 1 aliphatic heterocycles. The number of nitrogens with two attached hydrogens (primary N) is 2. The number of rotatable bonds is 3. The highest BCUT2D eigenvalue weighted by molar-refractivity contribution is 5.98. The number of nitrogens with zero attached hydrogens (tertiary/aromatic N) is 1. The molecule has 2 aromatic rings. The van der Waals surface area contributed by atoms with E-state index in [0.29, 0.717) is 6.54 Å². The third-order valence-electron chi connectivity index (χ3n) is 4.35. The van der Waals surface area contributed by atoms with Crippen LogP contribution < -0.4 is 16.4 Å². The Balaban J connectivity index is 2.13. The average molecular weight is 283 g/mol. The van der Waals surface area contributed by atoms with Crippen molar-refractivity contribution in [2.24, 2.45) is 11.5 Å². The molecule has 1 amide bonds. The Bertz CT molecular complexity index is 668. The van der Waals surface area contributed by atoms with Crippen molar-refractivity contribution in [1.82, 2.24) is 0 Å². The summed E-state index contributed by atoms with van der Waals surface area (Å²) in [6, 6.07) is 12.2. The first-order valence-corrected chi connectivity index (χ1v) is 7.49. The first kappa shape index (κ1) is 13.9. The molecule has 110 valence electrons. The van der Waals surface area contributed by atoms with Gasteiger partial charge in [-0.3, -0.25) is 4.79 Å². The minimum absolute atomic E-state index is 0.203. The molecular formula is C17H21N3O. The summed E-state index contributed by atoms with van der Waals surface area (Å²) in [5, 5.41) is 2.31. The fourth-order valence-corrected chi connectivity index (χ4v) is 3.29. The number of carbonyl (C=O) groups excluding carboxylic acids is 1. The van der Waals surface area contributed by atoms with Crippen LogP contribution >= 0.6 is 0 Å². The molecule has 1 atom stereocenters. The number of fused-ring (bicyclic) bond motifs is 1. The highest BCUT2D eigenvalue weighted by atomic mass is 16.1. The van der Waals surface area contributed by atoms with Crippen molar-refractivity contribution in [2.75, 3.05) is 11.4 Å². The maximum Gasteiger partial charge on any atom is 0.240 e. The quantitative estimate of drug-likeness (QED) is 0.906. The topological polar surface area (TPSA) is 72.3 Å². The van der Waals surface area contributed by atoms with Crippen LogP contribution in [-0.4, -0.2) is 18.5 Å². The smallest absolute Gasteiger partial charge is 0.240 e. The molecule has 21 heavy (non-hydrogen) atoms. The number of primary amides is 1. The highest BCUT2D eigenvalue weighted by Gasteiger charge is 2.28. The summed E-state index contributed by atoms with van der Waals surface area (Å²) < 4.78 is 0. The van der Waals surface area contributed by atoms with E-state index in [1.807, 2.05) is 12.1 Å². The predicted octanol–water partition coefficient (Wildman–Crippen LogP) is 2.14. The van der Waals surface area contributed by atoms with E-state index in [4.69, 9.17) is 11.5 Å². The van der Waals surface area contributed by atoms with Crippen LogP contribution in [0.3, 0.4) is 0 Å². The summed E-state index contributed by atoms with van der Waals surface area (Å²) in [4.78, 5) is 13.9. The summed E-state index contributed by atoms with van der Waals surface area (Å²) in [5.41, 5.74) is 13.6. The fraction of sp³-hybridized carbons (Fsp3) is 0.353. The molecule has 3 rings (SSSR count). The maximum absolute atomic E-state index is 11.8. The summed E-state index contributed by atoms with van der Waals surface area (Å²) in [7, 11) is 0. The SMILES string of the molecule is NCc1ccc(N2CCCCC2C(N)=O)c2ccccc12. The van der Waals surface area contributed by atoms with Gasteiger partial charge in [0.2, 0.25) is 5.91 Å². The largest absolute Gasteiger partial charge is 0.368 e. The molecule has 4 nitrogen and oxygen atoms in total. The van der Waals surface area contributed by atoms with Gasteiger partial charge < -0.3 is 16.4 Å². The van der Waals surface area contributed by atoms with Gasteiger partial charge in [-0.15, -0.1) is 0 Å². The number of amides is 1. The van der Waals surface area contributed by atoms with Crippen LogP contribution in [-0.2, 0) is 11.3 Å². The van der Waals surface area contributed by atoms with Gasteiger partial charge in [-0.1, -0.05) is 30.3 Å². The molecule has 0 aromatic heterocycles.